The van der Waals surface area contributed by atoms with Crippen molar-refractivity contribution in [1.29, 1.82) is 0 Å². The Kier molecular flexibility index (Phi) is 3.73. The first-order valence-corrected chi connectivity index (χ1v) is 6.80. The molecule has 0 amide bonds. The Balaban J connectivity index is 2.36. The monoisotopic (exact) mass is 280 g/mol. The van der Waals surface area contributed by atoms with Crippen LogP contribution < -0.4 is 0 Å². The van der Waals surface area contributed by atoms with Crippen LogP contribution in [0.25, 0.3) is 0 Å². The summed E-state index contributed by atoms with van der Waals surface area (Å²) < 4.78 is 0. The molecule has 0 saturated heterocycles. The smallest absolute Gasteiger partial charge is 0.315 e. The second-order valence-corrected chi connectivity index (χ2v) is 5.81. The van der Waals surface area contributed by atoms with Crippen molar-refractivity contribution in [3.05, 3.63) is 57.2 Å². The standard InChI is InChI=1S/C14H13ClO2S/c1-14(13(16)17,12-6-3-7-18-12)9-10-4-2-5-11(15)8-10/h2-8H,9H2,1H3,(H,16,17). The van der Waals surface area contributed by atoms with Gasteiger partial charge in [-0.15, -0.1) is 11.3 Å². The van der Waals surface area contributed by atoms with E-state index in [4.69, 9.17) is 11.6 Å². The molecule has 4 heteroatoms. The van der Waals surface area contributed by atoms with Gasteiger partial charge in [-0.25, -0.2) is 0 Å². The van der Waals surface area contributed by atoms with Crippen molar-refractivity contribution in [3.8, 4) is 0 Å². The molecule has 0 saturated carbocycles. The minimum Gasteiger partial charge on any atom is -0.481 e. The largest absolute Gasteiger partial charge is 0.481 e. The third-order valence-electron chi connectivity index (χ3n) is 2.98. The molecule has 0 radical (unpaired) electrons. The molecule has 2 nitrogen and oxygen atoms in total. The Morgan fingerprint density at radius 2 is 2.17 bits per heavy atom. The van der Waals surface area contributed by atoms with E-state index < -0.39 is 11.4 Å². The molecular weight excluding hydrogens is 268 g/mol. The molecule has 0 aliphatic heterocycles. The Labute approximate surface area is 115 Å². The first-order chi connectivity index (χ1) is 8.52. The van der Waals surface area contributed by atoms with Crippen molar-refractivity contribution < 1.29 is 9.90 Å². The minimum absolute atomic E-state index is 0.434. The van der Waals surface area contributed by atoms with Crippen LogP contribution in [0.1, 0.15) is 17.4 Å². The quantitative estimate of drug-likeness (QED) is 0.919. The topological polar surface area (TPSA) is 37.3 Å². The zero-order valence-corrected chi connectivity index (χ0v) is 11.5. The molecule has 1 unspecified atom stereocenters. The first-order valence-electron chi connectivity index (χ1n) is 5.54. The van der Waals surface area contributed by atoms with E-state index in [2.05, 4.69) is 0 Å². The van der Waals surface area contributed by atoms with Gasteiger partial charge in [0.25, 0.3) is 0 Å². The van der Waals surface area contributed by atoms with Crippen LogP contribution >= 0.6 is 22.9 Å². The van der Waals surface area contributed by atoms with Crippen molar-refractivity contribution in [1.82, 2.24) is 0 Å². The van der Waals surface area contributed by atoms with Crippen LogP contribution in [0.4, 0.5) is 0 Å². The maximum absolute atomic E-state index is 11.6. The van der Waals surface area contributed by atoms with Gasteiger partial charge in [-0.05, 0) is 42.5 Å². The molecule has 1 atom stereocenters. The zero-order valence-electron chi connectivity index (χ0n) is 9.89. The summed E-state index contributed by atoms with van der Waals surface area (Å²) >= 11 is 7.40. The third kappa shape index (κ3) is 2.57. The van der Waals surface area contributed by atoms with Gasteiger partial charge in [0.05, 0.1) is 0 Å². The number of benzene rings is 1. The van der Waals surface area contributed by atoms with Gasteiger partial charge in [0.2, 0.25) is 0 Å². The maximum atomic E-state index is 11.6. The molecule has 0 fully saturated rings. The second-order valence-electron chi connectivity index (χ2n) is 4.42. The Morgan fingerprint density at radius 1 is 1.39 bits per heavy atom. The highest BCUT2D eigenvalue weighted by Gasteiger charge is 2.36. The Morgan fingerprint density at radius 3 is 2.72 bits per heavy atom. The summed E-state index contributed by atoms with van der Waals surface area (Å²) in [5, 5.41) is 12.0. The third-order valence-corrected chi connectivity index (χ3v) is 4.35. The fraction of sp³-hybridized carbons (Fsp3) is 0.214. The summed E-state index contributed by atoms with van der Waals surface area (Å²) in [5.41, 5.74) is 0.0274. The number of rotatable bonds is 4. The minimum atomic E-state index is -0.904. The molecule has 2 aromatic rings. The van der Waals surface area contributed by atoms with Gasteiger partial charge in [-0.1, -0.05) is 29.8 Å². The van der Waals surface area contributed by atoms with Gasteiger partial charge in [-0.2, -0.15) is 0 Å². The van der Waals surface area contributed by atoms with Gasteiger partial charge >= 0.3 is 5.97 Å². The van der Waals surface area contributed by atoms with E-state index in [1.165, 1.54) is 11.3 Å². The van der Waals surface area contributed by atoms with Crippen molar-refractivity contribution in [2.75, 3.05) is 0 Å². The number of carbonyl (C=O) groups is 1. The summed E-state index contributed by atoms with van der Waals surface area (Å²) in [6, 6.07) is 11.1. The summed E-state index contributed by atoms with van der Waals surface area (Å²) in [4.78, 5) is 12.4. The van der Waals surface area contributed by atoms with E-state index in [1.807, 2.05) is 35.7 Å². The molecule has 0 aliphatic rings. The molecule has 2 rings (SSSR count). The van der Waals surface area contributed by atoms with Gasteiger partial charge < -0.3 is 5.11 Å². The maximum Gasteiger partial charge on any atom is 0.315 e. The molecule has 1 N–H and O–H groups in total. The Hall–Kier alpha value is -1.32. The molecule has 0 aliphatic carbocycles. The zero-order chi connectivity index (χ0) is 13.2. The summed E-state index contributed by atoms with van der Waals surface area (Å²) in [6.07, 6.45) is 0.434. The molecule has 0 spiro atoms. The van der Waals surface area contributed by atoms with E-state index in [9.17, 15) is 9.90 Å². The lowest BCUT2D eigenvalue weighted by Gasteiger charge is -2.23. The van der Waals surface area contributed by atoms with Crippen LogP contribution in [0, 0.1) is 0 Å². The van der Waals surface area contributed by atoms with Crippen LogP contribution in [-0.2, 0) is 16.6 Å². The molecule has 1 heterocycles. The van der Waals surface area contributed by atoms with Crippen LogP contribution in [0.2, 0.25) is 5.02 Å². The molecule has 18 heavy (non-hydrogen) atoms. The number of carboxylic acid groups (broad SMARTS) is 1. The number of aliphatic carboxylic acids is 1. The van der Waals surface area contributed by atoms with Crippen molar-refractivity contribution in [3.63, 3.8) is 0 Å². The van der Waals surface area contributed by atoms with Crippen LogP contribution in [0.15, 0.2) is 41.8 Å². The molecular formula is C14H13ClO2S. The lowest BCUT2D eigenvalue weighted by atomic mass is 9.82. The average Bonchev–Trinajstić information content (AvgIpc) is 2.82. The predicted molar refractivity (Wildman–Crippen MR) is 74.5 cm³/mol. The highest BCUT2D eigenvalue weighted by Crippen LogP contribution is 2.32. The van der Waals surface area contributed by atoms with Crippen molar-refractivity contribution >= 4 is 28.9 Å². The molecule has 1 aromatic carbocycles. The number of hydrogen-bond acceptors (Lipinski definition) is 2. The number of hydrogen-bond donors (Lipinski definition) is 1. The summed E-state index contributed by atoms with van der Waals surface area (Å²) in [6.45, 7) is 1.75. The number of thiophene rings is 1. The van der Waals surface area contributed by atoms with Gasteiger partial charge in [0.15, 0.2) is 0 Å². The highest BCUT2D eigenvalue weighted by atomic mass is 35.5. The van der Waals surface area contributed by atoms with Gasteiger partial charge in [-0.3, -0.25) is 4.79 Å². The van der Waals surface area contributed by atoms with Crippen LogP contribution in [0.3, 0.4) is 0 Å². The Bertz CT molecular complexity index is 551. The van der Waals surface area contributed by atoms with Gasteiger partial charge in [0, 0.05) is 9.90 Å². The number of carboxylic acids is 1. The summed E-state index contributed by atoms with van der Waals surface area (Å²) in [5.74, 6) is -0.815. The SMILES string of the molecule is CC(Cc1cccc(Cl)c1)(C(=O)O)c1cccs1. The van der Waals surface area contributed by atoms with Crippen molar-refractivity contribution in [2.45, 2.75) is 18.8 Å². The van der Waals surface area contributed by atoms with E-state index in [1.54, 1.807) is 13.0 Å². The highest BCUT2D eigenvalue weighted by molar-refractivity contribution is 7.10. The van der Waals surface area contributed by atoms with E-state index in [0.717, 1.165) is 10.4 Å². The van der Waals surface area contributed by atoms with E-state index in [-0.39, 0.29) is 0 Å². The van der Waals surface area contributed by atoms with Gasteiger partial charge in [0.1, 0.15) is 5.41 Å². The second kappa shape index (κ2) is 5.12. The fourth-order valence-corrected chi connectivity index (χ4v) is 3.01. The molecule has 94 valence electrons. The molecule has 1 aromatic heterocycles. The summed E-state index contributed by atoms with van der Waals surface area (Å²) in [7, 11) is 0. The van der Waals surface area contributed by atoms with E-state index in [0.29, 0.717) is 11.4 Å². The number of halogens is 1. The lowest BCUT2D eigenvalue weighted by Crippen LogP contribution is -2.33. The lowest BCUT2D eigenvalue weighted by molar-refractivity contribution is -0.143. The predicted octanol–water partition coefficient (Wildman–Crippen LogP) is 3.99. The van der Waals surface area contributed by atoms with Crippen molar-refractivity contribution in [2.24, 2.45) is 0 Å². The van der Waals surface area contributed by atoms with Crippen LogP contribution in [0.5, 0.6) is 0 Å². The normalized spacial score (nSPS) is 14.1. The first kappa shape index (κ1) is 13.1. The molecule has 0 bridgehead atoms. The average molecular weight is 281 g/mol. The fourth-order valence-electron chi connectivity index (χ4n) is 1.92. The van der Waals surface area contributed by atoms with E-state index >= 15 is 0 Å². The van der Waals surface area contributed by atoms with Crippen LogP contribution in [-0.4, -0.2) is 11.1 Å².